The molecular formula is C20H25F3N2S2. The highest BCUT2D eigenvalue weighted by atomic mass is 32.2. The Morgan fingerprint density at radius 1 is 0.926 bits per heavy atom. The van der Waals surface area contributed by atoms with Crippen LogP contribution in [0.2, 0.25) is 0 Å². The van der Waals surface area contributed by atoms with Gasteiger partial charge in [0.15, 0.2) is 0 Å². The number of nitrogens with zero attached hydrogens (tertiary/aromatic N) is 1. The van der Waals surface area contributed by atoms with Gasteiger partial charge in [0.25, 0.3) is 0 Å². The lowest BCUT2D eigenvalue weighted by Gasteiger charge is -2.23. The van der Waals surface area contributed by atoms with Crippen molar-refractivity contribution >= 4 is 34.9 Å². The molecule has 0 aromatic heterocycles. The number of hydrogen-bond acceptors (Lipinski definition) is 4. The van der Waals surface area contributed by atoms with Gasteiger partial charge in [-0.15, -0.1) is 0 Å². The van der Waals surface area contributed by atoms with E-state index in [1.165, 1.54) is 17.4 Å². The van der Waals surface area contributed by atoms with Crippen LogP contribution in [-0.4, -0.2) is 25.6 Å². The van der Waals surface area contributed by atoms with Crippen LogP contribution in [0.5, 0.6) is 0 Å². The number of thioether (sulfide) groups is 1. The summed E-state index contributed by atoms with van der Waals surface area (Å²) in [6.45, 7) is 6.37. The van der Waals surface area contributed by atoms with Gasteiger partial charge in [0.1, 0.15) is 0 Å². The van der Waals surface area contributed by atoms with Gasteiger partial charge in [0.05, 0.1) is 0 Å². The van der Waals surface area contributed by atoms with Crippen LogP contribution < -0.4 is 10.2 Å². The van der Waals surface area contributed by atoms with E-state index in [0.717, 1.165) is 35.7 Å². The van der Waals surface area contributed by atoms with Crippen molar-refractivity contribution in [1.29, 1.82) is 0 Å². The maximum atomic E-state index is 12.8. The van der Waals surface area contributed by atoms with Gasteiger partial charge in [0.2, 0.25) is 0 Å². The van der Waals surface area contributed by atoms with Crippen LogP contribution in [0.3, 0.4) is 0 Å². The highest BCUT2D eigenvalue weighted by Crippen LogP contribution is 2.42. The molecule has 0 radical (unpaired) electrons. The van der Waals surface area contributed by atoms with E-state index in [1.54, 1.807) is 19.2 Å². The second-order valence-electron chi connectivity index (χ2n) is 6.04. The minimum atomic E-state index is -4.31. The van der Waals surface area contributed by atoms with Gasteiger partial charge >= 0.3 is 5.51 Å². The fourth-order valence-corrected chi connectivity index (χ4v) is 4.40. The summed E-state index contributed by atoms with van der Waals surface area (Å²) >= 11 is 1.38. The number of halogens is 3. The Balaban J connectivity index is 2.15. The smallest absolute Gasteiger partial charge is 0.387 e. The van der Waals surface area contributed by atoms with Gasteiger partial charge in [-0.1, -0.05) is 25.6 Å². The van der Waals surface area contributed by atoms with E-state index < -0.39 is 5.51 Å². The molecule has 0 unspecified atom stereocenters. The van der Waals surface area contributed by atoms with Crippen LogP contribution >= 0.6 is 23.5 Å². The standard InChI is InChI=1S/C20H25F3N2S2/c1-4-12-25(13-5-2)15-6-8-16(9-7-15)26-17-10-11-18(24-3)19(14-17)27-20(21,22)23/h6-11,14,24H,4-5,12-13H2,1-3H3. The molecule has 7 heteroatoms. The van der Waals surface area contributed by atoms with Crippen LogP contribution in [-0.2, 0) is 0 Å². The van der Waals surface area contributed by atoms with Crippen molar-refractivity contribution in [2.24, 2.45) is 0 Å². The number of alkyl halides is 3. The predicted molar refractivity (Wildman–Crippen MR) is 111 cm³/mol. The molecule has 0 spiro atoms. The first kappa shape index (κ1) is 21.8. The summed E-state index contributed by atoms with van der Waals surface area (Å²) in [4.78, 5) is 4.33. The van der Waals surface area contributed by atoms with Crippen molar-refractivity contribution in [1.82, 2.24) is 0 Å². The van der Waals surface area contributed by atoms with Crippen molar-refractivity contribution in [3.05, 3.63) is 42.5 Å². The molecule has 0 fully saturated rings. The minimum absolute atomic E-state index is 0.0885. The van der Waals surface area contributed by atoms with E-state index >= 15 is 0 Å². The summed E-state index contributed by atoms with van der Waals surface area (Å²) in [5.74, 6) is 0. The zero-order valence-corrected chi connectivity index (χ0v) is 17.4. The molecule has 0 bridgehead atoms. The van der Waals surface area contributed by atoms with Crippen LogP contribution in [0.1, 0.15) is 26.7 Å². The molecule has 0 heterocycles. The largest absolute Gasteiger partial charge is 0.446 e. The molecule has 148 valence electrons. The van der Waals surface area contributed by atoms with Gasteiger partial charge in [-0.2, -0.15) is 13.2 Å². The Hall–Kier alpha value is -1.47. The minimum Gasteiger partial charge on any atom is -0.387 e. The van der Waals surface area contributed by atoms with Gasteiger partial charge in [-0.3, -0.25) is 0 Å². The average Bonchev–Trinajstić information content (AvgIpc) is 2.61. The maximum Gasteiger partial charge on any atom is 0.446 e. The van der Waals surface area contributed by atoms with Crippen molar-refractivity contribution in [2.75, 3.05) is 30.4 Å². The van der Waals surface area contributed by atoms with E-state index in [4.69, 9.17) is 0 Å². The monoisotopic (exact) mass is 414 g/mol. The summed E-state index contributed by atoms with van der Waals surface area (Å²) < 4.78 is 38.4. The molecule has 0 aliphatic heterocycles. The van der Waals surface area contributed by atoms with E-state index in [1.807, 2.05) is 18.2 Å². The first-order chi connectivity index (χ1) is 12.9. The third-order valence-corrected chi connectivity index (χ3v) is 5.66. The lowest BCUT2D eigenvalue weighted by Crippen LogP contribution is -2.24. The molecular weight excluding hydrogens is 389 g/mol. The molecule has 2 nitrogen and oxygen atoms in total. The number of benzene rings is 2. The predicted octanol–water partition coefficient (Wildman–Crippen LogP) is 7.12. The average molecular weight is 415 g/mol. The first-order valence-electron chi connectivity index (χ1n) is 8.96. The topological polar surface area (TPSA) is 15.3 Å². The van der Waals surface area contributed by atoms with Gasteiger partial charge in [-0.25, -0.2) is 0 Å². The summed E-state index contributed by atoms with van der Waals surface area (Å²) in [5, 5.41) is 2.82. The summed E-state index contributed by atoms with van der Waals surface area (Å²) in [6, 6.07) is 13.3. The van der Waals surface area contributed by atoms with Crippen LogP contribution in [0, 0.1) is 0 Å². The van der Waals surface area contributed by atoms with Crippen LogP contribution in [0.4, 0.5) is 24.5 Å². The molecule has 0 saturated carbocycles. The molecule has 0 atom stereocenters. The zero-order chi connectivity index (χ0) is 19.9. The first-order valence-corrected chi connectivity index (χ1v) is 10.6. The highest BCUT2D eigenvalue weighted by Gasteiger charge is 2.30. The van der Waals surface area contributed by atoms with Gasteiger partial charge in [-0.05, 0) is 67.1 Å². The van der Waals surface area contributed by atoms with Crippen molar-refractivity contribution in [3.8, 4) is 0 Å². The lowest BCUT2D eigenvalue weighted by molar-refractivity contribution is -0.0328. The molecule has 0 aliphatic rings. The molecule has 27 heavy (non-hydrogen) atoms. The maximum absolute atomic E-state index is 12.8. The fraction of sp³-hybridized carbons (Fsp3) is 0.400. The molecule has 2 rings (SSSR count). The molecule has 0 amide bonds. The Labute approximate surface area is 167 Å². The van der Waals surface area contributed by atoms with E-state index in [2.05, 4.69) is 36.2 Å². The number of nitrogens with one attached hydrogen (secondary N) is 1. The molecule has 0 saturated heterocycles. The highest BCUT2D eigenvalue weighted by molar-refractivity contribution is 8.00. The Morgan fingerprint density at radius 3 is 2.04 bits per heavy atom. The van der Waals surface area contributed by atoms with Crippen LogP contribution in [0.15, 0.2) is 57.2 Å². The van der Waals surface area contributed by atoms with Crippen molar-refractivity contribution in [2.45, 2.75) is 46.9 Å². The lowest BCUT2D eigenvalue weighted by atomic mass is 10.2. The number of hydrogen-bond donors (Lipinski definition) is 1. The number of rotatable bonds is 9. The Kier molecular flexibility index (Phi) is 8.23. The van der Waals surface area contributed by atoms with Crippen LogP contribution in [0.25, 0.3) is 0 Å². The molecule has 0 aliphatic carbocycles. The van der Waals surface area contributed by atoms with Crippen molar-refractivity contribution < 1.29 is 13.2 Å². The fourth-order valence-electron chi connectivity index (χ4n) is 2.75. The van der Waals surface area contributed by atoms with Crippen molar-refractivity contribution in [3.63, 3.8) is 0 Å². The van der Waals surface area contributed by atoms with Gasteiger partial charge < -0.3 is 10.2 Å². The third kappa shape index (κ3) is 6.88. The molecule has 2 aromatic carbocycles. The second kappa shape index (κ2) is 10.2. The zero-order valence-electron chi connectivity index (χ0n) is 15.8. The quantitative estimate of drug-likeness (QED) is 0.439. The van der Waals surface area contributed by atoms with E-state index in [-0.39, 0.29) is 16.7 Å². The van der Waals surface area contributed by atoms with E-state index in [9.17, 15) is 13.2 Å². The van der Waals surface area contributed by atoms with E-state index in [0.29, 0.717) is 5.69 Å². The summed E-state index contributed by atoms with van der Waals surface area (Å²) in [7, 11) is 1.62. The number of anilines is 2. The SMILES string of the molecule is CCCN(CCC)c1ccc(Sc2ccc(NC)c(SC(F)(F)F)c2)cc1. The molecule has 2 aromatic rings. The summed E-state index contributed by atoms with van der Waals surface area (Å²) in [6.07, 6.45) is 2.18. The van der Waals surface area contributed by atoms with Gasteiger partial charge in [0, 0.05) is 46.2 Å². The molecule has 1 N–H and O–H groups in total. The Morgan fingerprint density at radius 2 is 1.52 bits per heavy atom. The summed E-state index contributed by atoms with van der Waals surface area (Å²) in [5.41, 5.74) is -2.65. The Bertz CT molecular complexity index is 712. The normalized spacial score (nSPS) is 11.5. The third-order valence-electron chi connectivity index (χ3n) is 3.87. The second-order valence-corrected chi connectivity index (χ2v) is 8.29.